The number of rotatable bonds is 3. The fraction of sp³-hybridized carbons (Fsp3) is 0.333. The Balaban J connectivity index is 2.25. The largest absolute Gasteiger partial charge is 0.324 e. The van der Waals surface area contributed by atoms with Gasteiger partial charge in [-0.2, -0.15) is 0 Å². The number of benzene rings is 2. The van der Waals surface area contributed by atoms with Crippen LogP contribution in [-0.2, 0) is 6.42 Å². The first-order valence-corrected chi connectivity index (χ1v) is 7.75. The lowest BCUT2D eigenvalue weighted by Gasteiger charge is -2.16. The van der Waals surface area contributed by atoms with Crippen molar-refractivity contribution in [3.8, 4) is 0 Å². The monoisotopic (exact) mass is 331 g/mol. The molecular formula is C18H22BrN. The van der Waals surface area contributed by atoms with Gasteiger partial charge in [0.05, 0.1) is 0 Å². The minimum atomic E-state index is 0.0432. The molecule has 1 nitrogen and oxygen atoms in total. The van der Waals surface area contributed by atoms with Gasteiger partial charge in [0.2, 0.25) is 0 Å². The van der Waals surface area contributed by atoms with E-state index in [4.69, 9.17) is 5.73 Å². The van der Waals surface area contributed by atoms with Crippen LogP contribution >= 0.6 is 15.9 Å². The summed E-state index contributed by atoms with van der Waals surface area (Å²) >= 11 is 3.61. The Labute approximate surface area is 130 Å². The summed E-state index contributed by atoms with van der Waals surface area (Å²) < 4.78 is 1.18. The predicted octanol–water partition coefficient (Wildman–Crippen LogP) is 4.93. The van der Waals surface area contributed by atoms with E-state index in [1.807, 2.05) is 0 Å². The molecule has 0 aromatic heterocycles. The summed E-state index contributed by atoms with van der Waals surface area (Å²) in [6.45, 7) is 8.50. The van der Waals surface area contributed by atoms with Crippen LogP contribution in [0.2, 0.25) is 0 Å². The van der Waals surface area contributed by atoms with Crippen LogP contribution in [0.5, 0.6) is 0 Å². The summed E-state index contributed by atoms with van der Waals surface area (Å²) in [5.74, 6) is 0. The Morgan fingerprint density at radius 2 is 1.40 bits per heavy atom. The smallest absolute Gasteiger partial charge is 0.0335 e. The van der Waals surface area contributed by atoms with Gasteiger partial charge < -0.3 is 5.73 Å². The Morgan fingerprint density at radius 1 is 0.900 bits per heavy atom. The lowest BCUT2D eigenvalue weighted by molar-refractivity contribution is 0.719. The summed E-state index contributed by atoms with van der Waals surface area (Å²) in [6.07, 6.45) is 0.878. The van der Waals surface area contributed by atoms with Crippen LogP contribution < -0.4 is 5.73 Å². The van der Waals surface area contributed by atoms with Gasteiger partial charge in [-0.1, -0.05) is 57.4 Å². The van der Waals surface area contributed by atoms with Crippen molar-refractivity contribution in [2.75, 3.05) is 0 Å². The molecule has 2 heteroatoms. The zero-order chi connectivity index (χ0) is 14.9. The Hall–Kier alpha value is -1.12. The number of hydrogen-bond donors (Lipinski definition) is 1. The third kappa shape index (κ3) is 3.50. The zero-order valence-electron chi connectivity index (χ0n) is 12.6. The molecule has 2 aromatic carbocycles. The molecule has 0 fully saturated rings. The van der Waals surface area contributed by atoms with Gasteiger partial charge in [-0.05, 0) is 56.4 Å². The summed E-state index contributed by atoms with van der Waals surface area (Å²) in [5.41, 5.74) is 14.0. The molecule has 0 spiro atoms. The van der Waals surface area contributed by atoms with Crippen molar-refractivity contribution in [1.82, 2.24) is 0 Å². The average molecular weight is 332 g/mol. The maximum absolute atomic E-state index is 6.40. The summed E-state index contributed by atoms with van der Waals surface area (Å²) in [6, 6.07) is 11.1. The topological polar surface area (TPSA) is 26.0 Å². The highest BCUT2D eigenvalue weighted by atomic mass is 79.9. The predicted molar refractivity (Wildman–Crippen MR) is 90.2 cm³/mol. The molecule has 0 saturated carbocycles. The van der Waals surface area contributed by atoms with Gasteiger partial charge in [0.15, 0.2) is 0 Å². The maximum atomic E-state index is 6.40. The molecule has 0 heterocycles. The van der Waals surface area contributed by atoms with Gasteiger partial charge in [-0.3, -0.25) is 0 Å². The van der Waals surface area contributed by atoms with E-state index >= 15 is 0 Å². The summed E-state index contributed by atoms with van der Waals surface area (Å²) in [7, 11) is 0. The number of nitrogens with two attached hydrogens (primary N) is 1. The van der Waals surface area contributed by atoms with Gasteiger partial charge in [0.1, 0.15) is 0 Å². The summed E-state index contributed by atoms with van der Waals surface area (Å²) in [4.78, 5) is 0. The van der Waals surface area contributed by atoms with Crippen LogP contribution in [-0.4, -0.2) is 0 Å². The van der Waals surface area contributed by atoms with Crippen molar-refractivity contribution < 1.29 is 0 Å². The Kier molecular flexibility index (Phi) is 4.66. The van der Waals surface area contributed by atoms with Crippen LogP contribution in [0, 0.1) is 27.7 Å². The molecule has 2 rings (SSSR count). The molecule has 0 aliphatic heterocycles. The van der Waals surface area contributed by atoms with E-state index in [-0.39, 0.29) is 6.04 Å². The second-order valence-electron chi connectivity index (χ2n) is 5.78. The molecule has 0 amide bonds. The van der Waals surface area contributed by atoms with Crippen LogP contribution in [0.15, 0.2) is 34.8 Å². The van der Waals surface area contributed by atoms with Crippen LogP contribution in [0.4, 0.5) is 0 Å². The first-order chi connectivity index (χ1) is 9.36. The van der Waals surface area contributed by atoms with Crippen molar-refractivity contribution in [2.45, 2.75) is 40.2 Å². The number of halogens is 1. The minimum Gasteiger partial charge on any atom is -0.324 e. The second kappa shape index (κ2) is 6.11. The van der Waals surface area contributed by atoms with E-state index < -0.39 is 0 Å². The second-order valence-corrected chi connectivity index (χ2v) is 6.57. The molecule has 1 unspecified atom stereocenters. The van der Waals surface area contributed by atoms with Crippen LogP contribution in [0.25, 0.3) is 0 Å². The molecule has 0 radical (unpaired) electrons. The molecule has 0 aliphatic carbocycles. The van der Waals surface area contributed by atoms with Gasteiger partial charge in [-0.15, -0.1) is 0 Å². The van der Waals surface area contributed by atoms with Crippen molar-refractivity contribution in [3.05, 3.63) is 68.2 Å². The fourth-order valence-electron chi connectivity index (χ4n) is 2.75. The van der Waals surface area contributed by atoms with Gasteiger partial charge >= 0.3 is 0 Å². The highest BCUT2D eigenvalue weighted by Gasteiger charge is 2.11. The van der Waals surface area contributed by atoms with E-state index in [0.717, 1.165) is 6.42 Å². The molecule has 20 heavy (non-hydrogen) atoms. The molecule has 0 bridgehead atoms. The third-order valence-electron chi connectivity index (χ3n) is 3.62. The SMILES string of the molecule is Cc1cc(C)cc(CC(N)c2cc(C)c(Br)c(C)c2)c1. The molecule has 0 saturated heterocycles. The first-order valence-electron chi connectivity index (χ1n) is 6.96. The maximum Gasteiger partial charge on any atom is 0.0335 e. The lowest BCUT2D eigenvalue weighted by Crippen LogP contribution is -2.14. The van der Waals surface area contributed by atoms with Crippen molar-refractivity contribution in [1.29, 1.82) is 0 Å². The molecule has 106 valence electrons. The highest BCUT2D eigenvalue weighted by Crippen LogP contribution is 2.26. The first kappa shape index (κ1) is 15.3. The summed E-state index contributed by atoms with van der Waals surface area (Å²) in [5, 5.41) is 0. The zero-order valence-corrected chi connectivity index (χ0v) is 14.2. The lowest BCUT2D eigenvalue weighted by atomic mass is 9.95. The van der Waals surface area contributed by atoms with E-state index in [2.05, 4.69) is 74.0 Å². The molecular weight excluding hydrogens is 310 g/mol. The Bertz CT molecular complexity index is 588. The minimum absolute atomic E-state index is 0.0432. The molecule has 2 N–H and O–H groups in total. The van der Waals surface area contributed by atoms with E-state index in [9.17, 15) is 0 Å². The number of aryl methyl sites for hydroxylation is 4. The number of hydrogen-bond acceptors (Lipinski definition) is 1. The van der Waals surface area contributed by atoms with Crippen molar-refractivity contribution in [2.24, 2.45) is 5.73 Å². The van der Waals surface area contributed by atoms with Gasteiger partial charge in [-0.25, -0.2) is 0 Å². The molecule has 0 aliphatic rings. The Morgan fingerprint density at radius 3 is 1.90 bits per heavy atom. The average Bonchev–Trinajstić information content (AvgIpc) is 2.33. The van der Waals surface area contributed by atoms with E-state index in [1.165, 1.54) is 37.9 Å². The van der Waals surface area contributed by atoms with E-state index in [1.54, 1.807) is 0 Å². The van der Waals surface area contributed by atoms with Gasteiger partial charge in [0, 0.05) is 10.5 Å². The standard InChI is InChI=1S/C18H22BrN/c1-11-5-12(2)7-15(6-11)10-17(20)16-8-13(3)18(19)14(4)9-16/h5-9,17H,10,20H2,1-4H3. The van der Waals surface area contributed by atoms with E-state index in [0.29, 0.717) is 0 Å². The fourth-order valence-corrected chi connectivity index (χ4v) is 2.98. The van der Waals surface area contributed by atoms with Crippen molar-refractivity contribution in [3.63, 3.8) is 0 Å². The van der Waals surface area contributed by atoms with Crippen molar-refractivity contribution >= 4 is 15.9 Å². The normalized spacial score (nSPS) is 12.5. The molecule has 1 atom stereocenters. The molecule has 2 aromatic rings. The van der Waals surface area contributed by atoms with Gasteiger partial charge in [0.25, 0.3) is 0 Å². The quantitative estimate of drug-likeness (QED) is 0.848. The van der Waals surface area contributed by atoms with Crippen LogP contribution in [0.3, 0.4) is 0 Å². The third-order valence-corrected chi connectivity index (χ3v) is 4.87. The van der Waals surface area contributed by atoms with Crippen LogP contribution in [0.1, 0.15) is 39.4 Å². The highest BCUT2D eigenvalue weighted by molar-refractivity contribution is 9.10.